The molecule has 3 aromatic rings. The lowest BCUT2D eigenvalue weighted by atomic mass is 10.1. The molecular weight excluding hydrogens is 444 g/mol. The van der Waals surface area contributed by atoms with Gasteiger partial charge in [0.1, 0.15) is 5.75 Å². The molecule has 3 rings (SSSR count). The van der Waals surface area contributed by atoms with E-state index in [1.165, 1.54) is 11.8 Å². The molecule has 0 spiro atoms. The Hall–Kier alpha value is -2.77. The lowest BCUT2D eigenvalue weighted by molar-refractivity contribution is -0.113. The molecule has 0 saturated heterocycles. The van der Waals surface area contributed by atoms with Crippen LogP contribution in [0.4, 0.5) is 5.69 Å². The predicted molar refractivity (Wildman–Crippen MR) is 131 cm³/mol. The average molecular weight is 471 g/mol. The van der Waals surface area contributed by atoms with Crippen LogP contribution in [0, 0.1) is 20.8 Å². The number of para-hydroxylation sites is 1. The summed E-state index contributed by atoms with van der Waals surface area (Å²) in [7, 11) is 0. The van der Waals surface area contributed by atoms with Crippen molar-refractivity contribution >= 4 is 35.0 Å². The highest BCUT2D eigenvalue weighted by Crippen LogP contribution is 2.28. The third kappa shape index (κ3) is 5.72. The van der Waals surface area contributed by atoms with Gasteiger partial charge in [0.25, 0.3) is 0 Å². The highest BCUT2D eigenvalue weighted by Gasteiger charge is 2.20. The van der Waals surface area contributed by atoms with Crippen molar-refractivity contribution in [2.24, 2.45) is 0 Å². The summed E-state index contributed by atoms with van der Waals surface area (Å²) in [6, 6.07) is 11.4. The highest BCUT2D eigenvalue weighted by atomic mass is 35.5. The number of ether oxygens (including phenoxy) is 1. The van der Waals surface area contributed by atoms with E-state index in [1.54, 1.807) is 12.1 Å². The maximum atomic E-state index is 12.6. The third-order valence-electron chi connectivity index (χ3n) is 4.94. The van der Waals surface area contributed by atoms with Gasteiger partial charge in [0.2, 0.25) is 5.91 Å². The van der Waals surface area contributed by atoms with Crippen molar-refractivity contribution in [1.29, 1.82) is 0 Å². The van der Waals surface area contributed by atoms with E-state index < -0.39 is 0 Å². The Labute approximate surface area is 198 Å². The van der Waals surface area contributed by atoms with Gasteiger partial charge in [-0.25, -0.2) is 0 Å². The first-order valence-electron chi connectivity index (χ1n) is 10.3. The van der Waals surface area contributed by atoms with E-state index in [0.29, 0.717) is 22.5 Å². The summed E-state index contributed by atoms with van der Waals surface area (Å²) < 4.78 is 8.03. The van der Waals surface area contributed by atoms with Gasteiger partial charge in [-0.2, -0.15) is 0 Å². The molecule has 0 aliphatic rings. The van der Waals surface area contributed by atoms with E-state index in [-0.39, 0.29) is 17.8 Å². The molecule has 0 saturated carbocycles. The number of hydrogen-bond acceptors (Lipinski definition) is 5. The number of aromatic nitrogens is 3. The van der Waals surface area contributed by atoms with Crippen LogP contribution in [0.1, 0.15) is 35.5 Å². The number of carbonyl (C=O) groups is 1. The van der Waals surface area contributed by atoms with Crippen LogP contribution >= 0.6 is 23.4 Å². The molecule has 8 heteroatoms. The van der Waals surface area contributed by atoms with Gasteiger partial charge in [0.15, 0.2) is 17.1 Å². The fraction of sp³-hybridized carbons (Fsp3) is 0.292. The van der Waals surface area contributed by atoms with Crippen molar-refractivity contribution in [3.63, 3.8) is 0 Å². The number of halogens is 1. The standard InChI is InChI=1S/C24H27ClN4O2S/c1-6-12-29-23(18(5)31-20-11-10-19(25)13-17(20)4)27-28-24(29)32-14-21(30)26-22-15(2)8-7-9-16(22)3/h6-11,13,18H,1,12,14H2,2-5H3,(H,26,30). The molecule has 1 N–H and O–H groups in total. The fourth-order valence-corrected chi connectivity index (χ4v) is 4.30. The molecule has 0 aliphatic heterocycles. The molecule has 0 fully saturated rings. The normalized spacial score (nSPS) is 11.8. The van der Waals surface area contributed by atoms with Gasteiger partial charge in [0.05, 0.1) is 5.75 Å². The molecular formula is C24H27ClN4O2S. The number of thioether (sulfide) groups is 1. The fourth-order valence-electron chi connectivity index (χ4n) is 3.31. The number of nitrogens with zero attached hydrogens (tertiary/aromatic N) is 3. The summed E-state index contributed by atoms with van der Waals surface area (Å²) in [5.74, 6) is 1.52. The monoisotopic (exact) mass is 470 g/mol. The number of aryl methyl sites for hydroxylation is 3. The SMILES string of the molecule is C=CCn1c(SCC(=O)Nc2c(C)cccc2C)nnc1C(C)Oc1ccc(Cl)cc1C. The van der Waals surface area contributed by atoms with Crippen LogP contribution in [0.2, 0.25) is 5.02 Å². The van der Waals surface area contributed by atoms with Crippen LogP contribution in [-0.2, 0) is 11.3 Å². The molecule has 0 radical (unpaired) electrons. The number of carbonyl (C=O) groups excluding carboxylic acids is 1. The Morgan fingerprint density at radius 1 is 1.22 bits per heavy atom. The smallest absolute Gasteiger partial charge is 0.234 e. The third-order valence-corrected chi connectivity index (χ3v) is 6.14. The molecule has 1 amide bonds. The molecule has 0 aliphatic carbocycles. The lowest BCUT2D eigenvalue weighted by Gasteiger charge is -2.17. The van der Waals surface area contributed by atoms with Gasteiger partial charge in [-0.3, -0.25) is 9.36 Å². The van der Waals surface area contributed by atoms with Gasteiger partial charge >= 0.3 is 0 Å². The molecule has 1 atom stereocenters. The van der Waals surface area contributed by atoms with Crippen molar-refractivity contribution in [2.75, 3.05) is 11.1 Å². The molecule has 1 aromatic heterocycles. The van der Waals surface area contributed by atoms with Crippen LogP contribution < -0.4 is 10.1 Å². The van der Waals surface area contributed by atoms with Crippen LogP contribution in [0.5, 0.6) is 5.75 Å². The number of amides is 1. The summed E-state index contributed by atoms with van der Waals surface area (Å²) in [5, 5.41) is 12.9. The van der Waals surface area contributed by atoms with Crippen molar-refractivity contribution in [2.45, 2.75) is 45.5 Å². The van der Waals surface area contributed by atoms with E-state index >= 15 is 0 Å². The summed E-state index contributed by atoms with van der Waals surface area (Å²) in [6.07, 6.45) is 1.42. The maximum Gasteiger partial charge on any atom is 0.234 e. The van der Waals surface area contributed by atoms with Crippen LogP contribution in [0.15, 0.2) is 54.2 Å². The van der Waals surface area contributed by atoms with E-state index in [2.05, 4.69) is 22.1 Å². The number of hydrogen-bond donors (Lipinski definition) is 1. The minimum Gasteiger partial charge on any atom is -0.482 e. The summed E-state index contributed by atoms with van der Waals surface area (Å²) >= 11 is 7.37. The zero-order chi connectivity index (χ0) is 23.3. The van der Waals surface area contributed by atoms with Gasteiger partial charge in [-0.1, -0.05) is 47.6 Å². The van der Waals surface area contributed by atoms with Crippen LogP contribution in [0.25, 0.3) is 0 Å². The maximum absolute atomic E-state index is 12.6. The van der Waals surface area contributed by atoms with E-state index in [0.717, 1.165) is 28.1 Å². The van der Waals surface area contributed by atoms with Crippen molar-refractivity contribution in [3.05, 3.63) is 76.6 Å². The van der Waals surface area contributed by atoms with Gasteiger partial charge < -0.3 is 10.1 Å². The first-order valence-corrected chi connectivity index (χ1v) is 11.6. The zero-order valence-corrected chi connectivity index (χ0v) is 20.3. The Morgan fingerprint density at radius 2 is 1.94 bits per heavy atom. The number of allylic oxidation sites excluding steroid dienone is 1. The number of nitrogens with one attached hydrogen (secondary N) is 1. The molecule has 1 heterocycles. The summed E-state index contributed by atoms with van der Waals surface area (Å²) in [5.41, 5.74) is 3.86. The summed E-state index contributed by atoms with van der Waals surface area (Å²) in [6.45, 7) is 12.2. The van der Waals surface area contributed by atoms with Crippen LogP contribution in [-0.4, -0.2) is 26.4 Å². The molecule has 32 heavy (non-hydrogen) atoms. The Kier molecular flexibility index (Phi) is 7.99. The predicted octanol–water partition coefficient (Wildman–Crippen LogP) is 5.91. The Morgan fingerprint density at radius 3 is 2.59 bits per heavy atom. The minimum absolute atomic E-state index is 0.0943. The molecule has 6 nitrogen and oxygen atoms in total. The lowest BCUT2D eigenvalue weighted by Crippen LogP contribution is -2.17. The topological polar surface area (TPSA) is 69.0 Å². The average Bonchev–Trinajstić information content (AvgIpc) is 3.14. The van der Waals surface area contributed by atoms with Crippen molar-refractivity contribution < 1.29 is 9.53 Å². The Bertz CT molecular complexity index is 1110. The highest BCUT2D eigenvalue weighted by molar-refractivity contribution is 7.99. The molecule has 0 bridgehead atoms. The zero-order valence-electron chi connectivity index (χ0n) is 18.7. The number of rotatable bonds is 9. The largest absolute Gasteiger partial charge is 0.482 e. The second-order valence-corrected chi connectivity index (χ2v) is 8.89. The molecule has 168 valence electrons. The number of benzene rings is 2. The molecule has 2 aromatic carbocycles. The van der Waals surface area contributed by atoms with E-state index in [1.807, 2.05) is 62.6 Å². The second kappa shape index (κ2) is 10.7. The summed E-state index contributed by atoms with van der Waals surface area (Å²) in [4.78, 5) is 12.6. The Balaban J connectivity index is 1.71. The number of anilines is 1. The first kappa shape index (κ1) is 23.9. The van der Waals surface area contributed by atoms with E-state index in [9.17, 15) is 4.79 Å². The molecule has 1 unspecified atom stereocenters. The quantitative estimate of drug-likeness (QED) is 0.311. The van der Waals surface area contributed by atoms with Crippen LogP contribution in [0.3, 0.4) is 0 Å². The van der Waals surface area contributed by atoms with Gasteiger partial charge in [0, 0.05) is 17.3 Å². The van der Waals surface area contributed by atoms with Gasteiger partial charge in [-0.15, -0.1) is 16.8 Å². The minimum atomic E-state index is -0.347. The van der Waals surface area contributed by atoms with Gasteiger partial charge in [-0.05, 0) is 62.6 Å². The first-order chi connectivity index (χ1) is 15.3. The second-order valence-electron chi connectivity index (χ2n) is 7.51. The van der Waals surface area contributed by atoms with Crippen molar-refractivity contribution in [1.82, 2.24) is 14.8 Å². The van der Waals surface area contributed by atoms with Crippen molar-refractivity contribution in [3.8, 4) is 5.75 Å². The van der Waals surface area contributed by atoms with E-state index in [4.69, 9.17) is 16.3 Å².